The molecule has 0 saturated carbocycles. The number of carbonyl (C=O) groups excluding carboxylic acids is 2. The monoisotopic (exact) mass is 403 g/mol. The molecule has 0 radical (unpaired) electrons. The predicted molar refractivity (Wildman–Crippen MR) is 112 cm³/mol. The lowest BCUT2D eigenvalue weighted by Gasteiger charge is -2.18. The van der Waals surface area contributed by atoms with Crippen molar-refractivity contribution < 1.29 is 14.0 Å². The van der Waals surface area contributed by atoms with E-state index in [-0.39, 0.29) is 23.5 Å². The van der Waals surface area contributed by atoms with E-state index in [1.54, 1.807) is 23.6 Å². The van der Waals surface area contributed by atoms with E-state index in [0.717, 1.165) is 12.8 Å². The molecule has 1 aromatic carbocycles. The summed E-state index contributed by atoms with van der Waals surface area (Å²) in [4.78, 5) is 29.7. The second-order valence-electron chi connectivity index (χ2n) is 7.07. The fraction of sp³-hybridized carbons (Fsp3) is 0.381. The zero-order chi connectivity index (χ0) is 20.7. The van der Waals surface area contributed by atoms with Crippen LogP contribution in [0.15, 0.2) is 35.7 Å². The standard InChI is InChI=1S/C21H26FN3O2S/c1-14(2)9-10-15(3)23-20(27)12-11-17-13-28-21(24-17)25(16(4)26)19-8-6-5-7-18(19)22/h5-8,11-15H,9-10H2,1-4H3,(H,23,27)/b12-11+. The summed E-state index contributed by atoms with van der Waals surface area (Å²) in [6.07, 6.45) is 4.99. The van der Waals surface area contributed by atoms with Gasteiger partial charge in [0, 0.05) is 24.4 Å². The van der Waals surface area contributed by atoms with Crippen molar-refractivity contribution in [2.24, 2.45) is 5.92 Å². The molecule has 1 atom stereocenters. The Hall–Kier alpha value is -2.54. The Morgan fingerprint density at radius 3 is 2.61 bits per heavy atom. The molecule has 150 valence electrons. The summed E-state index contributed by atoms with van der Waals surface area (Å²) in [6, 6.07) is 6.14. The molecular weight excluding hydrogens is 377 g/mol. The minimum absolute atomic E-state index is 0.0970. The van der Waals surface area contributed by atoms with E-state index in [1.807, 2.05) is 6.92 Å². The number of hydrogen-bond acceptors (Lipinski definition) is 4. The Morgan fingerprint density at radius 1 is 1.25 bits per heavy atom. The topological polar surface area (TPSA) is 62.3 Å². The Morgan fingerprint density at radius 2 is 1.96 bits per heavy atom. The molecular formula is C21H26FN3O2S. The van der Waals surface area contributed by atoms with Gasteiger partial charge in [-0.05, 0) is 43.9 Å². The lowest BCUT2D eigenvalue weighted by molar-refractivity contribution is -0.117. The zero-order valence-corrected chi connectivity index (χ0v) is 17.4. The third-order valence-corrected chi connectivity index (χ3v) is 4.92. The Bertz CT molecular complexity index is 848. The van der Waals surface area contributed by atoms with Gasteiger partial charge in [0.25, 0.3) is 0 Å². The van der Waals surface area contributed by atoms with Crippen LogP contribution >= 0.6 is 11.3 Å². The highest BCUT2D eigenvalue weighted by Gasteiger charge is 2.20. The highest BCUT2D eigenvalue weighted by Crippen LogP contribution is 2.30. The molecule has 0 bridgehead atoms. The van der Waals surface area contributed by atoms with Crippen molar-refractivity contribution in [2.45, 2.75) is 46.6 Å². The van der Waals surface area contributed by atoms with Crippen LogP contribution in [-0.4, -0.2) is 22.8 Å². The number of para-hydroxylation sites is 1. The first kappa shape index (κ1) is 21.8. The molecule has 1 aromatic heterocycles. The van der Waals surface area contributed by atoms with Gasteiger partial charge in [0.2, 0.25) is 11.8 Å². The van der Waals surface area contributed by atoms with Crippen molar-refractivity contribution in [3.63, 3.8) is 0 Å². The summed E-state index contributed by atoms with van der Waals surface area (Å²) >= 11 is 1.21. The van der Waals surface area contributed by atoms with Gasteiger partial charge in [-0.2, -0.15) is 0 Å². The highest BCUT2D eigenvalue weighted by atomic mass is 32.1. The molecule has 0 spiro atoms. The van der Waals surface area contributed by atoms with Crippen LogP contribution in [0.2, 0.25) is 0 Å². The molecule has 0 aliphatic heterocycles. The van der Waals surface area contributed by atoms with Gasteiger partial charge in [0.05, 0.1) is 11.4 Å². The summed E-state index contributed by atoms with van der Waals surface area (Å²) < 4.78 is 14.1. The number of rotatable bonds is 8. The molecule has 2 amide bonds. The van der Waals surface area contributed by atoms with Crippen molar-refractivity contribution in [2.75, 3.05) is 4.90 Å². The highest BCUT2D eigenvalue weighted by molar-refractivity contribution is 7.14. The van der Waals surface area contributed by atoms with Crippen LogP contribution in [0, 0.1) is 11.7 Å². The average Bonchev–Trinajstić information content (AvgIpc) is 3.08. The number of aromatic nitrogens is 1. The van der Waals surface area contributed by atoms with Gasteiger partial charge in [-0.3, -0.25) is 14.5 Å². The predicted octanol–water partition coefficient (Wildman–Crippen LogP) is 4.92. The number of halogens is 1. The first-order valence-electron chi connectivity index (χ1n) is 9.27. The number of nitrogens with one attached hydrogen (secondary N) is 1. The molecule has 0 saturated heterocycles. The third kappa shape index (κ3) is 6.27. The smallest absolute Gasteiger partial charge is 0.244 e. The van der Waals surface area contributed by atoms with Gasteiger partial charge in [-0.1, -0.05) is 26.0 Å². The number of hydrogen-bond donors (Lipinski definition) is 1. The van der Waals surface area contributed by atoms with Crippen molar-refractivity contribution >= 4 is 40.0 Å². The molecule has 7 heteroatoms. The maximum Gasteiger partial charge on any atom is 0.244 e. The number of carbonyl (C=O) groups is 2. The van der Waals surface area contributed by atoms with E-state index in [1.165, 1.54) is 41.4 Å². The van der Waals surface area contributed by atoms with E-state index in [0.29, 0.717) is 16.7 Å². The van der Waals surface area contributed by atoms with Crippen molar-refractivity contribution in [1.29, 1.82) is 0 Å². The summed E-state index contributed by atoms with van der Waals surface area (Å²) in [7, 11) is 0. The van der Waals surface area contributed by atoms with Gasteiger partial charge in [0.1, 0.15) is 5.82 Å². The first-order valence-corrected chi connectivity index (χ1v) is 10.1. The van der Waals surface area contributed by atoms with Gasteiger partial charge < -0.3 is 5.32 Å². The SMILES string of the molecule is CC(=O)N(c1nc(/C=C/C(=O)NC(C)CCC(C)C)cs1)c1ccccc1F. The van der Waals surface area contributed by atoms with Crippen LogP contribution in [0.3, 0.4) is 0 Å². The largest absolute Gasteiger partial charge is 0.350 e. The molecule has 28 heavy (non-hydrogen) atoms. The van der Waals surface area contributed by atoms with Gasteiger partial charge >= 0.3 is 0 Å². The average molecular weight is 404 g/mol. The number of nitrogens with zero attached hydrogens (tertiary/aromatic N) is 2. The van der Waals surface area contributed by atoms with Crippen LogP contribution in [0.5, 0.6) is 0 Å². The summed E-state index contributed by atoms with van der Waals surface area (Å²) in [5, 5.41) is 4.99. The Labute approximate surface area is 169 Å². The fourth-order valence-corrected chi connectivity index (χ4v) is 3.45. The fourth-order valence-electron chi connectivity index (χ4n) is 2.60. The quantitative estimate of drug-likeness (QED) is 0.636. The molecule has 1 N–H and O–H groups in total. The van der Waals surface area contributed by atoms with Crippen LogP contribution < -0.4 is 10.2 Å². The van der Waals surface area contributed by atoms with Crippen molar-refractivity contribution in [3.05, 3.63) is 47.2 Å². The zero-order valence-electron chi connectivity index (χ0n) is 16.6. The minimum Gasteiger partial charge on any atom is -0.350 e. The molecule has 0 fully saturated rings. The molecule has 2 aromatic rings. The van der Waals surface area contributed by atoms with E-state index in [4.69, 9.17) is 0 Å². The minimum atomic E-state index is -0.500. The van der Waals surface area contributed by atoms with Gasteiger partial charge in [-0.25, -0.2) is 9.37 Å². The Balaban J connectivity index is 2.06. The first-order chi connectivity index (χ1) is 13.3. The normalized spacial score (nSPS) is 12.4. The Kier molecular flexibility index (Phi) is 7.87. The van der Waals surface area contributed by atoms with Gasteiger partial charge in [-0.15, -0.1) is 11.3 Å². The molecule has 1 unspecified atom stereocenters. The summed E-state index contributed by atoms with van der Waals surface area (Å²) in [5.74, 6) is -0.434. The van der Waals surface area contributed by atoms with Crippen LogP contribution in [0.1, 0.15) is 46.2 Å². The molecule has 0 aliphatic rings. The van der Waals surface area contributed by atoms with Crippen LogP contribution in [0.4, 0.5) is 15.2 Å². The number of thiazole rings is 1. The van der Waals surface area contributed by atoms with Crippen LogP contribution in [0.25, 0.3) is 6.08 Å². The van der Waals surface area contributed by atoms with E-state index in [9.17, 15) is 14.0 Å². The van der Waals surface area contributed by atoms with E-state index < -0.39 is 5.82 Å². The van der Waals surface area contributed by atoms with Crippen LogP contribution in [-0.2, 0) is 9.59 Å². The summed E-state index contributed by atoms with van der Waals surface area (Å²) in [6.45, 7) is 7.64. The van der Waals surface area contributed by atoms with Crippen molar-refractivity contribution in [3.8, 4) is 0 Å². The molecule has 0 aliphatic carbocycles. The maximum absolute atomic E-state index is 14.1. The number of anilines is 2. The second-order valence-corrected chi connectivity index (χ2v) is 7.91. The van der Waals surface area contributed by atoms with E-state index in [2.05, 4.69) is 24.1 Å². The molecule has 1 heterocycles. The number of benzene rings is 1. The lowest BCUT2D eigenvalue weighted by atomic mass is 10.0. The maximum atomic E-state index is 14.1. The van der Waals surface area contributed by atoms with Gasteiger partial charge in [0.15, 0.2) is 5.13 Å². The molecule has 2 rings (SSSR count). The molecule has 5 nitrogen and oxygen atoms in total. The number of amides is 2. The van der Waals surface area contributed by atoms with E-state index >= 15 is 0 Å². The third-order valence-electron chi connectivity index (χ3n) is 4.08. The summed E-state index contributed by atoms with van der Waals surface area (Å²) in [5.41, 5.74) is 0.684. The lowest BCUT2D eigenvalue weighted by Crippen LogP contribution is -2.31. The second kappa shape index (κ2) is 10.1. The van der Waals surface area contributed by atoms with Crippen molar-refractivity contribution in [1.82, 2.24) is 10.3 Å².